The molecule has 1 aromatic heterocycles. The van der Waals surface area contributed by atoms with Crippen molar-refractivity contribution >= 4 is 5.91 Å². The number of aromatic nitrogens is 2. The fraction of sp³-hybridized carbons (Fsp3) is 0.333. The number of ether oxygens (including phenoxy) is 1. The highest BCUT2D eigenvalue weighted by atomic mass is 19.4. The summed E-state index contributed by atoms with van der Waals surface area (Å²) in [6, 6.07) is 4.92. The Morgan fingerprint density at radius 1 is 1.42 bits per heavy atom. The van der Waals surface area contributed by atoms with E-state index in [-0.39, 0.29) is 18.2 Å². The maximum absolute atomic E-state index is 12.3. The van der Waals surface area contributed by atoms with Crippen molar-refractivity contribution in [3.63, 3.8) is 0 Å². The predicted octanol–water partition coefficient (Wildman–Crippen LogP) is 1.81. The van der Waals surface area contributed by atoms with Gasteiger partial charge in [0, 0.05) is 25.2 Å². The molecule has 24 heavy (non-hydrogen) atoms. The first-order chi connectivity index (χ1) is 11.4. The Hall–Kier alpha value is -2.55. The number of fused-ring (bicyclic) bond motifs is 1. The van der Waals surface area contributed by atoms with Gasteiger partial charge in [-0.2, -0.15) is 0 Å². The highest BCUT2D eigenvalue weighted by Crippen LogP contribution is 2.23. The second-order valence-corrected chi connectivity index (χ2v) is 5.32. The second-order valence-electron chi connectivity index (χ2n) is 5.32. The van der Waals surface area contributed by atoms with Crippen molar-refractivity contribution in [3.8, 4) is 5.75 Å². The molecular weight excluding hydrogens is 325 g/mol. The van der Waals surface area contributed by atoms with Crippen LogP contribution in [0.25, 0.3) is 0 Å². The van der Waals surface area contributed by atoms with Crippen LogP contribution in [-0.4, -0.2) is 28.8 Å². The minimum atomic E-state index is -4.75. The van der Waals surface area contributed by atoms with Crippen LogP contribution in [0, 0.1) is 0 Å². The molecule has 1 aromatic carbocycles. The molecule has 2 aromatic rings. The van der Waals surface area contributed by atoms with Gasteiger partial charge in [0.05, 0.1) is 12.0 Å². The van der Waals surface area contributed by atoms with Gasteiger partial charge in [-0.25, -0.2) is 4.98 Å². The molecule has 1 aliphatic heterocycles. The van der Waals surface area contributed by atoms with E-state index in [9.17, 15) is 18.0 Å². The van der Waals surface area contributed by atoms with E-state index in [2.05, 4.69) is 25.3 Å². The number of halogens is 3. The molecule has 0 spiro atoms. The maximum atomic E-state index is 12.3. The first kappa shape index (κ1) is 16.3. The summed E-state index contributed by atoms with van der Waals surface area (Å²) < 4.78 is 40.6. The first-order valence-corrected chi connectivity index (χ1v) is 7.30. The number of alkyl halides is 3. The molecule has 0 saturated carbocycles. The fourth-order valence-electron chi connectivity index (χ4n) is 2.58. The number of nitrogens with zero attached hydrogens (tertiary/aromatic N) is 1. The van der Waals surface area contributed by atoms with Crippen LogP contribution < -0.4 is 15.4 Å². The van der Waals surface area contributed by atoms with Gasteiger partial charge in [0.2, 0.25) is 5.91 Å². The van der Waals surface area contributed by atoms with Crippen molar-refractivity contribution in [2.24, 2.45) is 0 Å². The van der Waals surface area contributed by atoms with Crippen LogP contribution in [0.2, 0.25) is 0 Å². The monoisotopic (exact) mass is 340 g/mol. The number of benzene rings is 1. The van der Waals surface area contributed by atoms with Crippen LogP contribution >= 0.6 is 0 Å². The number of hydrogen-bond acceptors (Lipinski definition) is 4. The van der Waals surface area contributed by atoms with Gasteiger partial charge in [-0.1, -0.05) is 12.1 Å². The number of nitrogens with one attached hydrogen (secondary N) is 3. The lowest BCUT2D eigenvalue weighted by molar-refractivity contribution is -0.274. The smallest absolute Gasteiger partial charge is 0.406 e. The fourth-order valence-corrected chi connectivity index (χ4v) is 2.58. The SMILES string of the molecule is O=C(NCc1cccc(OC(F)(F)F)c1)[C@H]1NCCc2[nH]cnc21. The average molecular weight is 340 g/mol. The predicted molar refractivity (Wildman–Crippen MR) is 78.0 cm³/mol. The number of hydrogen-bond donors (Lipinski definition) is 3. The molecule has 1 aliphatic rings. The van der Waals surface area contributed by atoms with Crippen molar-refractivity contribution < 1.29 is 22.7 Å². The van der Waals surface area contributed by atoms with E-state index in [0.717, 1.165) is 12.1 Å². The number of carbonyl (C=O) groups is 1. The molecule has 1 atom stereocenters. The molecular formula is C15H15F3N4O2. The van der Waals surface area contributed by atoms with E-state index in [1.165, 1.54) is 24.5 Å². The zero-order chi connectivity index (χ0) is 17.2. The standard InChI is InChI=1S/C15H15F3N4O2/c16-15(17,18)24-10-3-1-2-9(6-10)7-20-14(23)13-12-11(4-5-19-13)21-8-22-12/h1-3,6,8,13,19H,4-5,7H2,(H,20,23)(H,21,22)/t13-/m0/s1. The molecule has 0 radical (unpaired) electrons. The third-order valence-corrected chi connectivity index (χ3v) is 3.61. The van der Waals surface area contributed by atoms with Crippen LogP contribution in [-0.2, 0) is 17.8 Å². The summed E-state index contributed by atoms with van der Waals surface area (Å²) in [4.78, 5) is 19.4. The van der Waals surface area contributed by atoms with Gasteiger partial charge in [0.25, 0.3) is 0 Å². The van der Waals surface area contributed by atoms with Crippen molar-refractivity contribution in [1.29, 1.82) is 0 Å². The van der Waals surface area contributed by atoms with Crippen LogP contribution in [0.1, 0.15) is 23.0 Å². The van der Waals surface area contributed by atoms with E-state index >= 15 is 0 Å². The van der Waals surface area contributed by atoms with Gasteiger partial charge in [0.15, 0.2) is 0 Å². The summed E-state index contributed by atoms with van der Waals surface area (Å²) in [5.74, 6) is -0.607. The van der Waals surface area contributed by atoms with E-state index < -0.39 is 12.4 Å². The van der Waals surface area contributed by atoms with Gasteiger partial charge in [-0.05, 0) is 17.7 Å². The van der Waals surface area contributed by atoms with E-state index in [0.29, 0.717) is 17.8 Å². The van der Waals surface area contributed by atoms with Gasteiger partial charge in [-0.3, -0.25) is 4.79 Å². The molecule has 0 unspecified atom stereocenters. The summed E-state index contributed by atoms with van der Waals surface area (Å²) in [6.45, 7) is 0.730. The Balaban J connectivity index is 1.62. The van der Waals surface area contributed by atoms with E-state index in [1.54, 1.807) is 6.07 Å². The lowest BCUT2D eigenvalue weighted by Crippen LogP contribution is -2.41. The van der Waals surface area contributed by atoms with Crippen LogP contribution in [0.3, 0.4) is 0 Å². The van der Waals surface area contributed by atoms with Crippen LogP contribution in [0.15, 0.2) is 30.6 Å². The third kappa shape index (κ3) is 3.85. The number of carbonyl (C=O) groups excluding carboxylic acids is 1. The Morgan fingerprint density at radius 2 is 2.25 bits per heavy atom. The van der Waals surface area contributed by atoms with Gasteiger partial charge in [0.1, 0.15) is 11.8 Å². The lowest BCUT2D eigenvalue weighted by atomic mass is 10.0. The molecule has 6 nitrogen and oxygen atoms in total. The molecule has 3 rings (SSSR count). The minimum absolute atomic E-state index is 0.0891. The highest BCUT2D eigenvalue weighted by molar-refractivity contribution is 5.83. The molecule has 0 saturated heterocycles. The first-order valence-electron chi connectivity index (χ1n) is 7.30. The zero-order valence-corrected chi connectivity index (χ0v) is 12.5. The van der Waals surface area contributed by atoms with Gasteiger partial charge in [-0.15, -0.1) is 13.2 Å². The number of amides is 1. The molecule has 9 heteroatoms. The Labute approximate surface area is 135 Å². The molecule has 0 aliphatic carbocycles. The number of aromatic amines is 1. The highest BCUT2D eigenvalue weighted by Gasteiger charge is 2.31. The quantitative estimate of drug-likeness (QED) is 0.793. The molecule has 2 heterocycles. The molecule has 1 amide bonds. The summed E-state index contributed by atoms with van der Waals surface area (Å²) in [5.41, 5.74) is 2.06. The van der Waals surface area contributed by atoms with Crippen molar-refractivity contribution in [3.05, 3.63) is 47.5 Å². The van der Waals surface area contributed by atoms with E-state index in [4.69, 9.17) is 0 Å². The summed E-state index contributed by atoms with van der Waals surface area (Å²) >= 11 is 0. The summed E-state index contributed by atoms with van der Waals surface area (Å²) in [7, 11) is 0. The Morgan fingerprint density at radius 3 is 3.04 bits per heavy atom. The third-order valence-electron chi connectivity index (χ3n) is 3.61. The Bertz CT molecular complexity index is 730. The van der Waals surface area contributed by atoms with Gasteiger partial charge < -0.3 is 20.4 Å². The lowest BCUT2D eigenvalue weighted by Gasteiger charge is -2.22. The number of rotatable bonds is 4. The molecule has 0 bridgehead atoms. The van der Waals surface area contributed by atoms with Crippen molar-refractivity contribution in [2.45, 2.75) is 25.4 Å². The average Bonchev–Trinajstić information content (AvgIpc) is 2.99. The summed E-state index contributed by atoms with van der Waals surface area (Å²) in [5, 5.41) is 5.77. The molecule has 128 valence electrons. The zero-order valence-electron chi connectivity index (χ0n) is 12.5. The van der Waals surface area contributed by atoms with Crippen LogP contribution in [0.5, 0.6) is 5.75 Å². The molecule has 3 N–H and O–H groups in total. The number of imidazole rings is 1. The summed E-state index contributed by atoms with van der Waals surface area (Å²) in [6.07, 6.45) is -2.45. The second kappa shape index (κ2) is 6.52. The van der Waals surface area contributed by atoms with Crippen molar-refractivity contribution in [2.75, 3.05) is 6.54 Å². The topological polar surface area (TPSA) is 79.0 Å². The van der Waals surface area contributed by atoms with E-state index in [1.807, 2.05) is 0 Å². The normalized spacial score (nSPS) is 17.2. The largest absolute Gasteiger partial charge is 0.573 e. The maximum Gasteiger partial charge on any atom is 0.573 e. The minimum Gasteiger partial charge on any atom is -0.406 e. The number of H-pyrrole nitrogens is 1. The molecule has 0 fully saturated rings. The van der Waals surface area contributed by atoms with Crippen molar-refractivity contribution in [1.82, 2.24) is 20.6 Å². The van der Waals surface area contributed by atoms with Crippen LogP contribution in [0.4, 0.5) is 13.2 Å². The van der Waals surface area contributed by atoms with Gasteiger partial charge >= 0.3 is 6.36 Å². The Kier molecular flexibility index (Phi) is 4.43.